The first-order chi connectivity index (χ1) is 8.29. The van der Waals surface area contributed by atoms with Crippen molar-refractivity contribution >= 4 is 21.6 Å². The van der Waals surface area contributed by atoms with E-state index in [-0.39, 0.29) is 0 Å². The topological polar surface area (TPSA) is 51.3 Å². The highest BCUT2D eigenvalue weighted by molar-refractivity contribution is 9.10. The number of hydrazone groups is 1. The highest BCUT2D eigenvalue weighted by Crippen LogP contribution is 2.12. The van der Waals surface area contributed by atoms with E-state index in [1.807, 2.05) is 36.4 Å². The van der Waals surface area contributed by atoms with Gasteiger partial charge in [-0.05, 0) is 29.8 Å². The van der Waals surface area contributed by atoms with Crippen LogP contribution in [0.3, 0.4) is 0 Å². The molecule has 0 amide bonds. The molecule has 86 valence electrons. The molecule has 3 nitrogen and oxygen atoms in total. The Morgan fingerprint density at radius 3 is 2.59 bits per heavy atom. The molecule has 0 aliphatic carbocycles. The second-order valence-corrected chi connectivity index (χ2v) is 4.54. The first-order valence-electron chi connectivity index (χ1n) is 5.21. The summed E-state index contributed by atoms with van der Waals surface area (Å²) >= 11 is 3.41. The molecule has 1 aromatic heterocycles. The van der Waals surface area contributed by atoms with Gasteiger partial charge < -0.3 is 5.84 Å². The minimum Gasteiger partial charge on any atom is -0.323 e. The lowest BCUT2D eigenvalue weighted by atomic mass is 10.0. The molecule has 2 N–H and O–H groups in total. The van der Waals surface area contributed by atoms with E-state index in [9.17, 15) is 0 Å². The summed E-state index contributed by atoms with van der Waals surface area (Å²) in [4.78, 5) is 4.07. The maximum Gasteiger partial charge on any atom is 0.0731 e. The average molecular weight is 290 g/mol. The van der Waals surface area contributed by atoms with E-state index in [2.05, 4.69) is 26.0 Å². The molecular formula is C13H12BrN3. The molecule has 0 fully saturated rings. The minimum absolute atomic E-state index is 0.704. The fourth-order valence-electron chi connectivity index (χ4n) is 1.55. The average Bonchev–Trinajstić information content (AvgIpc) is 2.39. The van der Waals surface area contributed by atoms with Gasteiger partial charge in [-0.2, -0.15) is 5.10 Å². The van der Waals surface area contributed by atoms with Crippen LogP contribution in [0.4, 0.5) is 0 Å². The third-order valence-electron chi connectivity index (χ3n) is 2.44. The van der Waals surface area contributed by atoms with Gasteiger partial charge in [-0.1, -0.05) is 28.1 Å². The summed E-state index contributed by atoms with van der Waals surface area (Å²) < 4.78 is 1.06. The van der Waals surface area contributed by atoms with Gasteiger partial charge in [-0.25, -0.2) is 0 Å². The second kappa shape index (κ2) is 5.59. The molecule has 2 aromatic rings. The molecule has 0 saturated heterocycles. The van der Waals surface area contributed by atoms with Crippen LogP contribution < -0.4 is 5.84 Å². The van der Waals surface area contributed by atoms with E-state index in [0.717, 1.165) is 15.7 Å². The quantitative estimate of drug-likeness (QED) is 0.537. The maximum atomic E-state index is 5.43. The molecule has 0 aliphatic heterocycles. The first-order valence-corrected chi connectivity index (χ1v) is 6.00. The predicted octanol–water partition coefficient (Wildman–Crippen LogP) is 2.75. The zero-order chi connectivity index (χ0) is 12.1. The summed E-state index contributed by atoms with van der Waals surface area (Å²) in [6.45, 7) is 0. The molecule has 0 atom stereocenters. The van der Waals surface area contributed by atoms with Crippen molar-refractivity contribution in [2.45, 2.75) is 6.42 Å². The van der Waals surface area contributed by atoms with Crippen LogP contribution in [0.2, 0.25) is 0 Å². The van der Waals surface area contributed by atoms with Crippen molar-refractivity contribution in [2.75, 3.05) is 0 Å². The zero-order valence-corrected chi connectivity index (χ0v) is 10.8. The van der Waals surface area contributed by atoms with Crippen LogP contribution in [0.25, 0.3) is 0 Å². The Kier molecular flexibility index (Phi) is 3.88. The van der Waals surface area contributed by atoms with E-state index in [1.165, 1.54) is 5.56 Å². The number of hydrogen-bond acceptors (Lipinski definition) is 3. The van der Waals surface area contributed by atoms with Crippen molar-refractivity contribution in [1.82, 2.24) is 4.98 Å². The Bertz CT molecular complexity index is 506. The number of aromatic nitrogens is 1. The standard InChI is InChI=1S/C13H12BrN3/c14-12-5-3-10(4-6-12)8-13(17-15)11-2-1-7-16-9-11/h1-7,9H,8,15H2/b17-13-. The fraction of sp³-hybridized carbons (Fsp3) is 0.0769. The summed E-state index contributed by atoms with van der Waals surface area (Å²) in [7, 11) is 0. The summed E-state index contributed by atoms with van der Waals surface area (Å²) in [5.41, 5.74) is 2.96. The van der Waals surface area contributed by atoms with E-state index in [1.54, 1.807) is 12.4 Å². The SMILES string of the molecule is N/N=C(/Cc1ccc(Br)cc1)c1cccnc1. The number of benzene rings is 1. The van der Waals surface area contributed by atoms with Crippen LogP contribution in [-0.4, -0.2) is 10.7 Å². The second-order valence-electron chi connectivity index (χ2n) is 3.62. The number of nitrogens with two attached hydrogens (primary N) is 1. The van der Waals surface area contributed by atoms with Gasteiger partial charge in [-0.15, -0.1) is 0 Å². The molecule has 1 aromatic carbocycles. The monoisotopic (exact) mass is 289 g/mol. The van der Waals surface area contributed by atoms with Crippen molar-refractivity contribution in [3.63, 3.8) is 0 Å². The predicted molar refractivity (Wildman–Crippen MR) is 72.8 cm³/mol. The van der Waals surface area contributed by atoms with Gasteiger partial charge in [0.25, 0.3) is 0 Å². The van der Waals surface area contributed by atoms with Crippen LogP contribution in [-0.2, 0) is 6.42 Å². The lowest BCUT2D eigenvalue weighted by molar-refractivity contribution is 1.18. The number of nitrogens with zero attached hydrogens (tertiary/aromatic N) is 2. The number of pyridine rings is 1. The Morgan fingerprint density at radius 1 is 1.24 bits per heavy atom. The molecule has 1 heterocycles. The van der Waals surface area contributed by atoms with Crippen molar-refractivity contribution in [3.05, 3.63) is 64.4 Å². The summed E-state index contributed by atoms with van der Waals surface area (Å²) in [5, 5.41) is 3.84. The van der Waals surface area contributed by atoms with Gasteiger partial charge in [-0.3, -0.25) is 4.98 Å². The Balaban J connectivity index is 2.19. The number of rotatable bonds is 3. The van der Waals surface area contributed by atoms with E-state index in [0.29, 0.717) is 6.42 Å². The van der Waals surface area contributed by atoms with Gasteiger partial charge in [0.2, 0.25) is 0 Å². The van der Waals surface area contributed by atoms with Crippen molar-refractivity contribution in [2.24, 2.45) is 10.9 Å². The van der Waals surface area contributed by atoms with Gasteiger partial charge >= 0.3 is 0 Å². The minimum atomic E-state index is 0.704. The first kappa shape index (κ1) is 11.8. The van der Waals surface area contributed by atoms with Gasteiger partial charge in [0, 0.05) is 28.9 Å². The number of halogens is 1. The third-order valence-corrected chi connectivity index (χ3v) is 2.96. The molecule has 0 saturated carbocycles. The highest BCUT2D eigenvalue weighted by Gasteiger charge is 2.04. The maximum absolute atomic E-state index is 5.43. The Morgan fingerprint density at radius 2 is 2.00 bits per heavy atom. The zero-order valence-electron chi connectivity index (χ0n) is 9.18. The molecule has 0 spiro atoms. The van der Waals surface area contributed by atoms with Gasteiger partial charge in [0.05, 0.1) is 5.71 Å². The smallest absolute Gasteiger partial charge is 0.0731 e. The molecule has 0 bridgehead atoms. The summed E-state index contributed by atoms with van der Waals surface area (Å²) in [6.07, 6.45) is 4.21. The normalized spacial score (nSPS) is 11.5. The fourth-order valence-corrected chi connectivity index (χ4v) is 1.82. The molecule has 4 heteroatoms. The largest absolute Gasteiger partial charge is 0.323 e. The van der Waals surface area contributed by atoms with Crippen molar-refractivity contribution in [1.29, 1.82) is 0 Å². The van der Waals surface area contributed by atoms with Crippen LogP contribution in [0.15, 0.2) is 58.4 Å². The third kappa shape index (κ3) is 3.14. The van der Waals surface area contributed by atoms with Crippen LogP contribution in [0.1, 0.15) is 11.1 Å². The molecule has 0 unspecified atom stereocenters. The highest BCUT2D eigenvalue weighted by atomic mass is 79.9. The Labute approximate surface area is 109 Å². The molecule has 0 radical (unpaired) electrons. The molecule has 2 rings (SSSR count). The molecular weight excluding hydrogens is 278 g/mol. The van der Waals surface area contributed by atoms with Crippen molar-refractivity contribution < 1.29 is 0 Å². The van der Waals surface area contributed by atoms with E-state index >= 15 is 0 Å². The summed E-state index contributed by atoms with van der Waals surface area (Å²) in [5.74, 6) is 5.43. The number of hydrogen-bond donors (Lipinski definition) is 1. The van der Waals surface area contributed by atoms with E-state index < -0.39 is 0 Å². The lowest BCUT2D eigenvalue weighted by Crippen LogP contribution is -2.08. The Hall–Kier alpha value is -1.68. The van der Waals surface area contributed by atoms with Crippen LogP contribution in [0.5, 0.6) is 0 Å². The van der Waals surface area contributed by atoms with Crippen molar-refractivity contribution in [3.8, 4) is 0 Å². The van der Waals surface area contributed by atoms with E-state index in [4.69, 9.17) is 5.84 Å². The summed E-state index contributed by atoms with van der Waals surface area (Å²) in [6, 6.07) is 11.9. The molecule has 17 heavy (non-hydrogen) atoms. The lowest BCUT2D eigenvalue weighted by Gasteiger charge is -2.05. The van der Waals surface area contributed by atoms with Crippen LogP contribution >= 0.6 is 15.9 Å². The van der Waals surface area contributed by atoms with Crippen LogP contribution in [0, 0.1) is 0 Å². The van der Waals surface area contributed by atoms with Gasteiger partial charge in [0.1, 0.15) is 0 Å². The molecule has 0 aliphatic rings. The van der Waals surface area contributed by atoms with Gasteiger partial charge in [0.15, 0.2) is 0 Å².